The fraction of sp³-hybridized carbons (Fsp3) is 0.619. The standard InChI is InChI=1S/C21H31NO5/c1-5-15(3)27-18-11-10-16(14-17(18)19(23)26-6-2)22-20(24)21(25-4)12-8-7-9-13-21/h10-11,14-15H,5-9,12-13H2,1-4H3,(H,22,24). The van der Waals surface area contributed by atoms with Crippen LogP contribution in [0.15, 0.2) is 18.2 Å². The summed E-state index contributed by atoms with van der Waals surface area (Å²) in [6.07, 6.45) is 5.25. The first-order chi connectivity index (χ1) is 13.0. The minimum Gasteiger partial charge on any atom is -0.490 e. The molecular formula is C21H31NO5. The van der Waals surface area contributed by atoms with Crippen molar-refractivity contribution < 1.29 is 23.8 Å². The number of methoxy groups -OCH3 is 1. The molecule has 1 saturated carbocycles. The summed E-state index contributed by atoms with van der Waals surface area (Å²) < 4.78 is 16.6. The molecule has 1 aliphatic carbocycles. The van der Waals surface area contributed by atoms with Gasteiger partial charge in [0.25, 0.3) is 5.91 Å². The smallest absolute Gasteiger partial charge is 0.341 e. The van der Waals surface area contributed by atoms with Gasteiger partial charge in [0.1, 0.15) is 16.9 Å². The molecule has 0 heterocycles. The lowest BCUT2D eigenvalue weighted by Gasteiger charge is -2.34. The van der Waals surface area contributed by atoms with E-state index in [1.165, 1.54) is 0 Å². The molecule has 150 valence electrons. The first kappa shape index (κ1) is 21.2. The van der Waals surface area contributed by atoms with E-state index < -0.39 is 11.6 Å². The number of hydrogen-bond acceptors (Lipinski definition) is 5. The second-order valence-electron chi connectivity index (χ2n) is 6.98. The highest BCUT2D eigenvalue weighted by molar-refractivity contribution is 5.99. The van der Waals surface area contributed by atoms with Gasteiger partial charge in [0.05, 0.1) is 12.7 Å². The Bertz CT molecular complexity index is 652. The van der Waals surface area contributed by atoms with Crippen molar-refractivity contribution >= 4 is 17.6 Å². The maximum absolute atomic E-state index is 12.9. The Hall–Kier alpha value is -2.08. The summed E-state index contributed by atoms with van der Waals surface area (Å²) in [5, 5.41) is 2.91. The van der Waals surface area contributed by atoms with Crippen LogP contribution in [0.4, 0.5) is 5.69 Å². The van der Waals surface area contributed by atoms with E-state index in [2.05, 4.69) is 5.32 Å². The summed E-state index contributed by atoms with van der Waals surface area (Å²) in [6.45, 7) is 5.98. The molecule has 6 nitrogen and oxygen atoms in total. The molecule has 0 saturated heterocycles. The van der Waals surface area contributed by atoms with Crippen LogP contribution in [-0.4, -0.2) is 37.3 Å². The summed E-state index contributed by atoms with van der Waals surface area (Å²) in [5.74, 6) is -0.180. The average molecular weight is 377 g/mol. The molecule has 1 N–H and O–H groups in total. The van der Waals surface area contributed by atoms with Gasteiger partial charge in [-0.15, -0.1) is 0 Å². The predicted molar refractivity (Wildman–Crippen MR) is 104 cm³/mol. The summed E-state index contributed by atoms with van der Waals surface area (Å²) in [5.41, 5.74) is 0.0421. The molecule has 0 radical (unpaired) electrons. The van der Waals surface area contributed by atoms with Crippen LogP contribution in [0.3, 0.4) is 0 Å². The van der Waals surface area contributed by atoms with Gasteiger partial charge in [-0.25, -0.2) is 4.79 Å². The maximum atomic E-state index is 12.9. The number of esters is 1. The highest BCUT2D eigenvalue weighted by atomic mass is 16.5. The summed E-state index contributed by atoms with van der Waals surface area (Å²) in [6, 6.07) is 5.05. The number of nitrogens with one attached hydrogen (secondary N) is 1. The van der Waals surface area contributed by atoms with Crippen LogP contribution in [0.1, 0.15) is 69.7 Å². The number of carbonyl (C=O) groups is 2. The Balaban J connectivity index is 2.24. The minimum absolute atomic E-state index is 0.0300. The number of anilines is 1. The van der Waals surface area contributed by atoms with E-state index in [1.807, 2.05) is 13.8 Å². The van der Waals surface area contributed by atoms with E-state index >= 15 is 0 Å². The van der Waals surface area contributed by atoms with Gasteiger partial charge in [0, 0.05) is 12.8 Å². The highest BCUT2D eigenvalue weighted by Crippen LogP contribution is 2.33. The first-order valence-electron chi connectivity index (χ1n) is 9.80. The second-order valence-corrected chi connectivity index (χ2v) is 6.98. The lowest BCUT2D eigenvalue weighted by atomic mass is 9.84. The summed E-state index contributed by atoms with van der Waals surface area (Å²) in [4.78, 5) is 25.2. The molecule has 0 aromatic heterocycles. The lowest BCUT2D eigenvalue weighted by molar-refractivity contribution is -0.141. The molecule has 1 amide bonds. The number of benzene rings is 1. The summed E-state index contributed by atoms with van der Waals surface area (Å²) >= 11 is 0. The maximum Gasteiger partial charge on any atom is 0.341 e. The molecule has 1 atom stereocenters. The van der Waals surface area contributed by atoms with Gasteiger partial charge >= 0.3 is 5.97 Å². The van der Waals surface area contributed by atoms with Gasteiger partial charge in [-0.2, -0.15) is 0 Å². The third-order valence-electron chi connectivity index (χ3n) is 5.10. The van der Waals surface area contributed by atoms with Crippen molar-refractivity contribution in [3.8, 4) is 5.75 Å². The van der Waals surface area contributed by atoms with E-state index in [4.69, 9.17) is 14.2 Å². The molecule has 1 fully saturated rings. The molecule has 1 aliphatic rings. The van der Waals surface area contributed by atoms with Crippen LogP contribution in [-0.2, 0) is 14.3 Å². The van der Waals surface area contributed by atoms with Crippen molar-refractivity contribution in [2.45, 2.75) is 71.0 Å². The van der Waals surface area contributed by atoms with Crippen LogP contribution in [0.25, 0.3) is 0 Å². The molecule has 0 bridgehead atoms. The van der Waals surface area contributed by atoms with Crippen molar-refractivity contribution in [3.63, 3.8) is 0 Å². The largest absolute Gasteiger partial charge is 0.490 e. The van der Waals surface area contributed by atoms with Crippen LogP contribution >= 0.6 is 0 Å². The zero-order chi connectivity index (χ0) is 19.9. The van der Waals surface area contributed by atoms with Crippen molar-refractivity contribution in [2.75, 3.05) is 19.0 Å². The number of ether oxygens (including phenoxy) is 3. The summed E-state index contributed by atoms with van der Waals surface area (Å²) in [7, 11) is 1.58. The zero-order valence-electron chi connectivity index (χ0n) is 16.8. The van der Waals surface area contributed by atoms with Crippen LogP contribution in [0.5, 0.6) is 5.75 Å². The van der Waals surface area contributed by atoms with Crippen LogP contribution in [0.2, 0.25) is 0 Å². The van der Waals surface area contributed by atoms with Gasteiger partial charge in [-0.1, -0.05) is 26.2 Å². The topological polar surface area (TPSA) is 73.9 Å². The highest BCUT2D eigenvalue weighted by Gasteiger charge is 2.39. The van der Waals surface area contributed by atoms with Crippen molar-refractivity contribution in [1.29, 1.82) is 0 Å². The minimum atomic E-state index is -0.797. The van der Waals surface area contributed by atoms with E-state index in [0.29, 0.717) is 29.8 Å². The van der Waals surface area contributed by atoms with Crippen LogP contribution in [0, 0.1) is 0 Å². The van der Waals surface area contributed by atoms with E-state index in [-0.39, 0.29) is 18.6 Å². The Morgan fingerprint density at radius 3 is 2.48 bits per heavy atom. The van der Waals surface area contributed by atoms with Crippen LogP contribution < -0.4 is 10.1 Å². The quantitative estimate of drug-likeness (QED) is 0.683. The number of rotatable bonds is 8. The fourth-order valence-electron chi connectivity index (χ4n) is 3.27. The predicted octanol–water partition coefficient (Wildman–Crippen LogP) is 4.33. The lowest BCUT2D eigenvalue weighted by Crippen LogP contribution is -2.46. The molecule has 1 aromatic carbocycles. The van der Waals surface area contributed by atoms with Gasteiger partial charge in [0.15, 0.2) is 0 Å². The van der Waals surface area contributed by atoms with Gasteiger partial charge in [-0.05, 0) is 51.3 Å². The molecular weight excluding hydrogens is 346 g/mol. The number of hydrogen-bond donors (Lipinski definition) is 1. The molecule has 6 heteroatoms. The average Bonchev–Trinajstić information content (AvgIpc) is 2.69. The molecule has 1 aromatic rings. The van der Waals surface area contributed by atoms with Gasteiger partial charge in [0.2, 0.25) is 0 Å². The Morgan fingerprint density at radius 2 is 1.89 bits per heavy atom. The van der Waals surface area contributed by atoms with Gasteiger partial charge < -0.3 is 19.5 Å². The van der Waals surface area contributed by atoms with Crippen molar-refractivity contribution in [2.24, 2.45) is 0 Å². The third-order valence-corrected chi connectivity index (χ3v) is 5.10. The van der Waals surface area contributed by atoms with Crippen molar-refractivity contribution in [3.05, 3.63) is 23.8 Å². The monoisotopic (exact) mass is 377 g/mol. The Morgan fingerprint density at radius 1 is 1.19 bits per heavy atom. The molecule has 0 spiro atoms. The first-order valence-corrected chi connectivity index (χ1v) is 9.80. The normalized spacial score (nSPS) is 17.0. The molecule has 27 heavy (non-hydrogen) atoms. The van der Waals surface area contributed by atoms with E-state index in [9.17, 15) is 9.59 Å². The molecule has 2 rings (SSSR count). The number of amides is 1. The fourth-order valence-corrected chi connectivity index (χ4v) is 3.27. The Kier molecular flexibility index (Phi) is 7.66. The van der Waals surface area contributed by atoms with E-state index in [0.717, 1.165) is 25.7 Å². The zero-order valence-corrected chi connectivity index (χ0v) is 16.8. The van der Waals surface area contributed by atoms with E-state index in [1.54, 1.807) is 32.2 Å². The van der Waals surface area contributed by atoms with Crippen molar-refractivity contribution in [1.82, 2.24) is 0 Å². The Labute approximate surface area is 161 Å². The molecule has 1 unspecified atom stereocenters. The van der Waals surface area contributed by atoms with Gasteiger partial charge in [-0.3, -0.25) is 4.79 Å². The SMILES string of the molecule is CCOC(=O)c1cc(NC(=O)C2(OC)CCCCC2)ccc1OC(C)CC. The third kappa shape index (κ3) is 5.22. The second kappa shape index (κ2) is 9.74. The molecule has 0 aliphatic heterocycles. The number of carbonyl (C=O) groups excluding carboxylic acids is 2.